The molecule has 1 atom stereocenters. The second kappa shape index (κ2) is 2.61. The van der Waals surface area contributed by atoms with Crippen molar-refractivity contribution in [1.82, 2.24) is 10.2 Å². The molecule has 0 N–H and O–H groups in total. The largest absolute Gasteiger partial charge is 0.480 e. The summed E-state index contributed by atoms with van der Waals surface area (Å²) in [6.07, 6.45) is 0.680. The van der Waals surface area contributed by atoms with Crippen LogP contribution >= 0.6 is 0 Å². The van der Waals surface area contributed by atoms with E-state index in [9.17, 15) is 17.4 Å². The number of halogens is 3. The lowest BCUT2D eigenvalue weighted by molar-refractivity contribution is -0.0396. The molecular weight excluding hydrogens is 185 g/mol. The van der Waals surface area contributed by atoms with Crippen molar-refractivity contribution in [3.05, 3.63) is 6.39 Å². The van der Waals surface area contributed by atoms with Gasteiger partial charge in [0.2, 0.25) is 17.2 Å². The van der Waals surface area contributed by atoms with Gasteiger partial charge in [0, 0.05) is 0 Å². The average molecular weight is 186 g/mol. The molecule has 0 fully saturated rings. The maximum atomic E-state index is 11.6. The minimum atomic E-state index is -4.84. The topological polar surface area (TPSA) is 56.0 Å². The van der Waals surface area contributed by atoms with Crippen LogP contribution in [0.1, 0.15) is 0 Å². The lowest BCUT2D eigenvalue weighted by Crippen LogP contribution is -2.16. The second-order valence-electron chi connectivity index (χ2n) is 1.42. The molecule has 0 amide bonds. The minimum Gasteiger partial charge on any atom is -0.417 e. The number of nitrogens with zero attached hydrogens (tertiary/aromatic N) is 2. The highest BCUT2D eigenvalue weighted by Crippen LogP contribution is 2.24. The molecule has 0 aliphatic rings. The molecule has 1 rings (SSSR count). The van der Waals surface area contributed by atoms with Crippen molar-refractivity contribution in [2.45, 2.75) is 10.7 Å². The standard InChI is InChI=1S/C3HF3N2O2S/c4-3(5,6)11(9)2-8-7-1-10-2/h1H. The van der Waals surface area contributed by atoms with E-state index in [1.165, 1.54) is 0 Å². The van der Waals surface area contributed by atoms with Crippen LogP contribution in [0.4, 0.5) is 13.2 Å². The van der Waals surface area contributed by atoms with Crippen molar-refractivity contribution < 1.29 is 21.8 Å². The van der Waals surface area contributed by atoms with Gasteiger partial charge in [-0.25, -0.2) is 4.21 Å². The van der Waals surface area contributed by atoms with Gasteiger partial charge >= 0.3 is 10.7 Å². The van der Waals surface area contributed by atoms with Crippen molar-refractivity contribution in [3.8, 4) is 0 Å². The molecule has 11 heavy (non-hydrogen) atoms. The summed E-state index contributed by atoms with van der Waals surface area (Å²) in [5, 5.41) is 4.86. The summed E-state index contributed by atoms with van der Waals surface area (Å²) in [7, 11) is -3.21. The summed E-state index contributed by atoms with van der Waals surface area (Å²) in [5.74, 6) is 0. The maximum absolute atomic E-state index is 11.6. The fraction of sp³-hybridized carbons (Fsp3) is 0.333. The Balaban J connectivity index is 2.88. The van der Waals surface area contributed by atoms with Gasteiger partial charge in [0.15, 0.2) is 0 Å². The van der Waals surface area contributed by atoms with Gasteiger partial charge in [0.05, 0.1) is 0 Å². The first-order valence-corrected chi connectivity index (χ1v) is 3.41. The van der Waals surface area contributed by atoms with Crippen molar-refractivity contribution in [1.29, 1.82) is 0 Å². The zero-order chi connectivity index (χ0) is 8.48. The van der Waals surface area contributed by atoms with Crippen LogP contribution in [-0.2, 0) is 10.8 Å². The maximum Gasteiger partial charge on any atom is 0.480 e. The summed E-state index contributed by atoms with van der Waals surface area (Å²) in [6, 6.07) is 0. The van der Waals surface area contributed by atoms with E-state index in [1.807, 2.05) is 0 Å². The van der Waals surface area contributed by atoms with Crippen molar-refractivity contribution in [3.63, 3.8) is 0 Å². The normalized spacial score (nSPS) is 14.8. The van der Waals surface area contributed by atoms with E-state index in [4.69, 9.17) is 0 Å². The molecule has 0 aliphatic carbocycles. The van der Waals surface area contributed by atoms with E-state index < -0.39 is 21.5 Å². The first-order valence-electron chi connectivity index (χ1n) is 2.26. The van der Waals surface area contributed by atoms with Gasteiger partial charge in [-0.3, -0.25) is 0 Å². The van der Waals surface area contributed by atoms with Gasteiger partial charge in [-0.2, -0.15) is 13.2 Å². The zero-order valence-corrected chi connectivity index (χ0v) is 5.65. The van der Waals surface area contributed by atoms with Crippen LogP contribution in [-0.4, -0.2) is 19.9 Å². The number of hydrogen-bond donors (Lipinski definition) is 0. The van der Waals surface area contributed by atoms with E-state index in [2.05, 4.69) is 14.6 Å². The van der Waals surface area contributed by atoms with Gasteiger partial charge in [-0.15, -0.1) is 5.10 Å². The molecule has 8 heteroatoms. The van der Waals surface area contributed by atoms with E-state index in [0.29, 0.717) is 6.39 Å². The van der Waals surface area contributed by atoms with Crippen LogP contribution in [0.2, 0.25) is 0 Å². The van der Waals surface area contributed by atoms with Crippen LogP contribution in [0.5, 0.6) is 0 Å². The number of rotatable bonds is 1. The summed E-state index contributed by atoms with van der Waals surface area (Å²) < 4.78 is 49.2. The Morgan fingerprint density at radius 2 is 2.18 bits per heavy atom. The first kappa shape index (κ1) is 8.18. The SMILES string of the molecule is O=S(c1nnco1)C(F)(F)F. The highest BCUT2D eigenvalue weighted by molar-refractivity contribution is 7.85. The van der Waals surface area contributed by atoms with Crippen LogP contribution < -0.4 is 0 Å². The van der Waals surface area contributed by atoms with Gasteiger partial charge in [-0.05, 0) is 0 Å². The van der Waals surface area contributed by atoms with Crippen molar-refractivity contribution in [2.75, 3.05) is 0 Å². The lowest BCUT2D eigenvalue weighted by Gasteiger charge is -1.99. The van der Waals surface area contributed by atoms with E-state index in [0.717, 1.165) is 0 Å². The smallest absolute Gasteiger partial charge is 0.417 e. The van der Waals surface area contributed by atoms with E-state index >= 15 is 0 Å². The molecular formula is C3HF3N2O2S. The number of hydrogen-bond acceptors (Lipinski definition) is 4. The Bertz CT molecular complexity index is 256. The fourth-order valence-corrected chi connectivity index (χ4v) is 0.792. The number of aromatic nitrogens is 2. The molecule has 0 aromatic carbocycles. The fourth-order valence-electron chi connectivity index (χ4n) is 0.343. The van der Waals surface area contributed by atoms with Gasteiger partial charge in [0.25, 0.3) is 0 Å². The average Bonchev–Trinajstić information content (AvgIpc) is 2.34. The van der Waals surface area contributed by atoms with Crippen LogP contribution in [0.3, 0.4) is 0 Å². The number of alkyl halides is 3. The highest BCUT2D eigenvalue weighted by atomic mass is 32.2. The summed E-state index contributed by atoms with van der Waals surface area (Å²) >= 11 is 0. The Kier molecular flexibility index (Phi) is 1.94. The predicted molar refractivity (Wildman–Crippen MR) is 26.8 cm³/mol. The molecule has 62 valence electrons. The van der Waals surface area contributed by atoms with Gasteiger partial charge in [0.1, 0.15) is 0 Å². The molecule has 0 spiro atoms. The third kappa shape index (κ3) is 1.76. The van der Waals surface area contributed by atoms with Gasteiger partial charge in [-0.1, -0.05) is 5.10 Å². The lowest BCUT2D eigenvalue weighted by atomic mass is 11.5. The molecule has 1 aromatic heterocycles. The second-order valence-corrected chi connectivity index (χ2v) is 2.77. The summed E-state index contributed by atoms with van der Waals surface area (Å²) in [5.41, 5.74) is -4.84. The first-order chi connectivity index (χ1) is 5.02. The Hall–Kier alpha value is -0.920. The zero-order valence-electron chi connectivity index (χ0n) is 4.83. The van der Waals surface area contributed by atoms with E-state index in [1.54, 1.807) is 0 Å². The monoisotopic (exact) mass is 186 g/mol. The summed E-state index contributed by atoms with van der Waals surface area (Å²) in [6.45, 7) is 0. The Morgan fingerprint density at radius 3 is 2.55 bits per heavy atom. The quantitative estimate of drug-likeness (QED) is 0.647. The molecule has 1 aromatic rings. The van der Waals surface area contributed by atoms with Crippen molar-refractivity contribution >= 4 is 10.8 Å². The molecule has 0 saturated heterocycles. The Labute approximate surface area is 60.9 Å². The summed E-state index contributed by atoms with van der Waals surface area (Å²) in [4.78, 5) is 0. The van der Waals surface area contributed by atoms with Crippen LogP contribution in [0, 0.1) is 0 Å². The van der Waals surface area contributed by atoms with E-state index in [-0.39, 0.29) is 0 Å². The third-order valence-corrected chi connectivity index (χ3v) is 1.62. The van der Waals surface area contributed by atoms with Crippen molar-refractivity contribution in [2.24, 2.45) is 0 Å². The van der Waals surface area contributed by atoms with Crippen LogP contribution in [0.15, 0.2) is 16.0 Å². The predicted octanol–water partition coefficient (Wildman–Crippen LogP) is 0.697. The molecule has 0 aliphatic heterocycles. The van der Waals surface area contributed by atoms with Gasteiger partial charge < -0.3 is 4.42 Å². The third-order valence-electron chi connectivity index (χ3n) is 0.709. The molecule has 1 unspecified atom stereocenters. The molecule has 0 bridgehead atoms. The molecule has 0 saturated carbocycles. The molecule has 0 radical (unpaired) electrons. The van der Waals surface area contributed by atoms with Crippen LogP contribution in [0.25, 0.3) is 0 Å². The Morgan fingerprint density at radius 1 is 1.55 bits per heavy atom. The molecule has 1 heterocycles. The molecule has 4 nitrogen and oxygen atoms in total. The minimum absolute atomic E-state index is 0.680. The highest BCUT2D eigenvalue weighted by Gasteiger charge is 2.41.